The molecule has 1 aromatic heterocycles. The van der Waals surface area contributed by atoms with Gasteiger partial charge in [0.05, 0.1) is 26.1 Å². The Labute approximate surface area is 129 Å². The minimum Gasteiger partial charge on any atom is -0.247 e. The van der Waals surface area contributed by atoms with Crippen LogP contribution in [-0.4, -0.2) is 4.98 Å². The fraction of sp³-hybridized carbons (Fsp3) is 0.0625. The van der Waals surface area contributed by atoms with E-state index in [2.05, 4.69) is 20.9 Å². The van der Waals surface area contributed by atoms with Gasteiger partial charge in [-0.05, 0) is 40.5 Å². The normalized spacial score (nSPS) is 11.0. The lowest BCUT2D eigenvalue weighted by Gasteiger charge is -2.10. The van der Waals surface area contributed by atoms with E-state index in [1.54, 1.807) is 12.1 Å². The highest BCUT2D eigenvalue weighted by Gasteiger charge is 2.14. The number of pyridine rings is 1. The highest BCUT2D eigenvalue weighted by Crippen LogP contribution is 2.34. The van der Waals surface area contributed by atoms with Crippen molar-refractivity contribution < 1.29 is 4.39 Å². The number of hydrogen-bond acceptors (Lipinski definition) is 1. The Morgan fingerprint density at radius 1 is 1.15 bits per heavy atom. The molecule has 0 spiro atoms. The molecule has 0 N–H and O–H groups in total. The van der Waals surface area contributed by atoms with Crippen molar-refractivity contribution in [3.63, 3.8) is 0 Å². The monoisotopic (exact) mass is 349 g/mol. The predicted octanol–water partition coefficient (Wildman–Crippen LogP) is 5.77. The third kappa shape index (κ3) is 2.21. The fourth-order valence-corrected chi connectivity index (χ4v) is 3.02. The van der Waals surface area contributed by atoms with Gasteiger partial charge in [0.15, 0.2) is 0 Å². The zero-order valence-electron chi connectivity index (χ0n) is 10.6. The Morgan fingerprint density at radius 2 is 1.85 bits per heavy atom. The van der Waals surface area contributed by atoms with Crippen LogP contribution >= 0.6 is 27.5 Å². The molecule has 1 heterocycles. The largest absolute Gasteiger partial charge is 0.247 e. The van der Waals surface area contributed by atoms with Crippen LogP contribution in [-0.2, 0) is 0 Å². The zero-order chi connectivity index (χ0) is 14.3. The van der Waals surface area contributed by atoms with Crippen molar-refractivity contribution >= 4 is 38.4 Å². The summed E-state index contributed by atoms with van der Waals surface area (Å²) in [4.78, 5) is 4.56. The first kappa shape index (κ1) is 13.5. The summed E-state index contributed by atoms with van der Waals surface area (Å²) in [6.07, 6.45) is 0. The van der Waals surface area contributed by atoms with Gasteiger partial charge in [-0.1, -0.05) is 41.9 Å². The van der Waals surface area contributed by atoms with E-state index in [0.29, 0.717) is 20.4 Å². The second kappa shape index (κ2) is 5.15. The summed E-state index contributed by atoms with van der Waals surface area (Å²) in [7, 11) is 0. The van der Waals surface area contributed by atoms with Gasteiger partial charge in [0.2, 0.25) is 0 Å². The third-order valence-corrected chi connectivity index (χ3v) is 4.06. The van der Waals surface area contributed by atoms with E-state index < -0.39 is 0 Å². The molecule has 3 rings (SSSR count). The van der Waals surface area contributed by atoms with Gasteiger partial charge in [-0.3, -0.25) is 0 Å². The van der Waals surface area contributed by atoms with Crippen LogP contribution in [0.4, 0.5) is 4.39 Å². The molecule has 0 fully saturated rings. The molecule has 0 saturated carbocycles. The van der Waals surface area contributed by atoms with Gasteiger partial charge in [-0.15, -0.1) is 0 Å². The van der Waals surface area contributed by atoms with E-state index >= 15 is 0 Å². The summed E-state index contributed by atoms with van der Waals surface area (Å²) in [5, 5.41) is 0.731. The molecule has 0 unspecified atom stereocenters. The molecular formula is C16H10BrClFN. The smallest absolute Gasteiger partial charge is 0.148 e. The van der Waals surface area contributed by atoms with Gasteiger partial charge in [-0.25, -0.2) is 9.37 Å². The van der Waals surface area contributed by atoms with Crippen LogP contribution in [0.5, 0.6) is 0 Å². The summed E-state index contributed by atoms with van der Waals surface area (Å²) < 4.78 is 14.6. The molecule has 20 heavy (non-hydrogen) atoms. The van der Waals surface area contributed by atoms with E-state index in [4.69, 9.17) is 11.6 Å². The van der Waals surface area contributed by atoms with Crippen molar-refractivity contribution in [2.45, 2.75) is 6.92 Å². The summed E-state index contributed by atoms with van der Waals surface area (Å²) in [6.45, 7) is 1.89. The highest BCUT2D eigenvalue weighted by molar-refractivity contribution is 9.10. The van der Waals surface area contributed by atoms with Crippen molar-refractivity contribution in [3.05, 3.63) is 63.3 Å². The zero-order valence-corrected chi connectivity index (χ0v) is 13.0. The van der Waals surface area contributed by atoms with Gasteiger partial charge in [0, 0.05) is 5.56 Å². The van der Waals surface area contributed by atoms with E-state index in [1.807, 2.05) is 37.3 Å². The molecule has 0 atom stereocenters. The Kier molecular flexibility index (Phi) is 3.48. The topological polar surface area (TPSA) is 12.9 Å². The lowest BCUT2D eigenvalue weighted by Crippen LogP contribution is -1.93. The van der Waals surface area contributed by atoms with Crippen molar-refractivity contribution in [2.75, 3.05) is 0 Å². The van der Waals surface area contributed by atoms with Crippen molar-refractivity contribution in [3.8, 4) is 11.3 Å². The van der Waals surface area contributed by atoms with Crippen LogP contribution in [0, 0.1) is 12.7 Å². The lowest BCUT2D eigenvalue weighted by molar-refractivity contribution is 0.633. The summed E-state index contributed by atoms with van der Waals surface area (Å²) in [5.74, 6) is -0.372. The SMILES string of the molecule is Cc1cc(Br)c(F)c2c(Cl)cc(-c3ccccc3)nc12. The maximum Gasteiger partial charge on any atom is 0.148 e. The quantitative estimate of drug-likeness (QED) is 0.543. The second-order valence-electron chi connectivity index (χ2n) is 4.57. The highest BCUT2D eigenvalue weighted by atomic mass is 79.9. The number of fused-ring (bicyclic) bond motifs is 1. The van der Waals surface area contributed by atoms with Crippen LogP contribution in [0.3, 0.4) is 0 Å². The van der Waals surface area contributed by atoms with Gasteiger partial charge >= 0.3 is 0 Å². The molecule has 0 amide bonds. The Morgan fingerprint density at radius 3 is 2.55 bits per heavy atom. The van der Waals surface area contributed by atoms with Crippen LogP contribution in [0.2, 0.25) is 5.02 Å². The molecule has 0 aliphatic heterocycles. The van der Waals surface area contributed by atoms with E-state index in [-0.39, 0.29) is 5.82 Å². The first-order valence-electron chi connectivity index (χ1n) is 6.08. The number of rotatable bonds is 1. The molecule has 0 radical (unpaired) electrons. The molecule has 0 bridgehead atoms. The molecule has 100 valence electrons. The van der Waals surface area contributed by atoms with Crippen LogP contribution in [0.1, 0.15) is 5.56 Å². The molecule has 0 saturated heterocycles. The fourth-order valence-electron chi connectivity index (χ4n) is 2.21. The molecule has 4 heteroatoms. The number of nitrogens with zero attached hydrogens (tertiary/aromatic N) is 1. The van der Waals surface area contributed by atoms with E-state index in [0.717, 1.165) is 16.8 Å². The second-order valence-corrected chi connectivity index (χ2v) is 5.83. The van der Waals surface area contributed by atoms with Crippen molar-refractivity contribution in [1.82, 2.24) is 4.98 Å². The number of aryl methyl sites for hydroxylation is 1. The maximum atomic E-state index is 14.2. The molecule has 0 aliphatic rings. The van der Waals surface area contributed by atoms with Gasteiger partial charge in [0.1, 0.15) is 5.82 Å². The van der Waals surface area contributed by atoms with Gasteiger partial charge < -0.3 is 0 Å². The first-order chi connectivity index (χ1) is 9.58. The molecular weight excluding hydrogens is 341 g/mol. The summed E-state index contributed by atoms with van der Waals surface area (Å²) in [5.41, 5.74) is 3.18. The average molecular weight is 351 g/mol. The summed E-state index contributed by atoms with van der Waals surface area (Å²) in [6, 6.07) is 13.1. The Hall–Kier alpha value is -1.45. The van der Waals surface area contributed by atoms with E-state index in [1.165, 1.54) is 0 Å². The average Bonchev–Trinajstić information content (AvgIpc) is 2.45. The van der Waals surface area contributed by atoms with E-state index in [9.17, 15) is 4.39 Å². The minimum atomic E-state index is -0.372. The standard InChI is InChI=1S/C16H10BrClFN/c1-9-7-11(17)15(19)14-12(18)8-13(20-16(9)14)10-5-3-2-4-6-10/h2-8H,1H3. The predicted molar refractivity (Wildman–Crippen MR) is 84.6 cm³/mol. The van der Waals surface area contributed by atoms with Gasteiger partial charge in [-0.2, -0.15) is 0 Å². The van der Waals surface area contributed by atoms with Crippen molar-refractivity contribution in [1.29, 1.82) is 0 Å². The van der Waals surface area contributed by atoms with Crippen molar-refractivity contribution in [2.24, 2.45) is 0 Å². The molecule has 3 aromatic rings. The minimum absolute atomic E-state index is 0.359. The molecule has 0 aliphatic carbocycles. The third-order valence-electron chi connectivity index (χ3n) is 3.19. The Balaban J connectivity index is 2.36. The molecule has 1 nitrogen and oxygen atoms in total. The first-order valence-corrected chi connectivity index (χ1v) is 7.25. The summed E-state index contributed by atoms with van der Waals surface area (Å²) >= 11 is 9.46. The lowest BCUT2D eigenvalue weighted by atomic mass is 10.1. The number of hydrogen-bond donors (Lipinski definition) is 0. The maximum absolute atomic E-state index is 14.2. The Bertz CT molecular complexity index is 803. The number of benzene rings is 2. The molecule has 2 aromatic carbocycles. The van der Waals surface area contributed by atoms with Crippen LogP contribution in [0.15, 0.2) is 46.9 Å². The van der Waals surface area contributed by atoms with Crippen LogP contribution in [0.25, 0.3) is 22.2 Å². The van der Waals surface area contributed by atoms with Gasteiger partial charge in [0.25, 0.3) is 0 Å². The number of halogens is 3. The van der Waals surface area contributed by atoms with Crippen LogP contribution < -0.4 is 0 Å². The number of aromatic nitrogens is 1.